The lowest BCUT2D eigenvalue weighted by Gasteiger charge is -2.30. The lowest BCUT2D eigenvalue weighted by Crippen LogP contribution is -2.44. The molecular formula is C22H34N2O3. The predicted molar refractivity (Wildman–Crippen MR) is 108 cm³/mol. The number of carbonyl (C=O) groups excluding carboxylic acids is 1. The van der Waals surface area contributed by atoms with E-state index in [1.165, 1.54) is 25.9 Å². The molecule has 5 heteroatoms. The molecule has 1 aromatic rings. The van der Waals surface area contributed by atoms with Gasteiger partial charge >= 0.3 is 0 Å². The Bertz CT molecular complexity index is 614. The van der Waals surface area contributed by atoms with E-state index in [9.17, 15) is 4.79 Å². The zero-order chi connectivity index (χ0) is 19.3. The quantitative estimate of drug-likeness (QED) is 0.711. The van der Waals surface area contributed by atoms with Gasteiger partial charge in [-0.25, -0.2) is 0 Å². The summed E-state index contributed by atoms with van der Waals surface area (Å²) >= 11 is 0. The first kappa shape index (κ1) is 20.2. The number of ether oxygens (including phenoxy) is 2. The smallest absolute Gasteiger partial charge is 0.256 e. The van der Waals surface area contributed by atoms with Gasteiger partial charge in [-0.2, -0.15) is 0 Å². The van der Waals surface area contributed by atoms with E-state index < -0.39 is 5.60 Å². The number of likely N-dealkylation sites (tertiary alicyclic amines) is 1. The van der Waals surface area contributed by atoms with Crippen LogP contribution in [0, 0.1) is 11.8 Å². The summed E-state index contributed by atoms with van der Waals surface area (Å²) in [5.74, 6) is 1.91. The number of carbonyl (C=O) groups is 1. The summed E-state index contributed by atoms with van der Waals surface area (Å²) in [4.78, 5) is 15.2. The van der Waals surface area contributed by atoms with Crippen LogP contribution < -0.4 is 10.1 Å². The maximum Gasteiger partial charge on any atom is 0.256 e. The maximum atomic E-state index is 12.7. The van der Waals surface area contributed by atoms with Crippen LogP contribution in [0.3, 0.4) is 0 Å². The van der Waals surface area contributed by atoms with Crippen molar-refractivity contribution in [2.24, 2.45) is 11.8 Å². The van der Waals surface area contributed by atoms with E-state index in [1.807, 2.05) is 38.1 Å². The van der Waals surface area contributed by atoms with Crippen molar-refractivity contribution < 1.29 is 14.3 Å². The fraction of sp³-hybridized carbons (Fsp3) is 0.682. The highest BCUT2D eigenvalue weighted by atomic mass is 16.5. The number of nitrogens with zero attached hydrogens (tertiary/aromatic N) is 1. The third kappa shape index (κ3) is 5.45. The molecule has 3 rings (SSSR count). The molecule has 0 bridgehead atoms. The van der Waals surface area contributed by atoms with E-state index in [1.54, 1.807) is 0 Å². The van der Waals surface area contributed by atoms with Crippen molar-refractivity contribution in [2.75, 3.05) is 38.2 Å². The van der Waals surface area contributed by atoms with Gasteiger partial charge in [0.1, 0.15) is 18.0 Å². The largest absolute Gasteiger partial charge is 0.492 e. The van der Waals surface area contributed by atoms with Crippen molar-refractivity contribution in [3.05, 3.63) is 24.3 Å². The molecule has 1 aromatic carbocycles. The summed E-state index contributed by atoms with van der Waals surface area (Å²) < 4.78 is 11.7. The molecule has 5 nitrogen and oxygen atoms in total. The van der Waals surface area contributed by atoms with Crippen LogP contribution in [0.15, 0.2) is 24.3 Å². The number of piperidine rings is 1. The number of amides is 1. The van der Waals surface area contributed by atoms with Crippen molar-refractivity contribution in [1.29, 1.82) is 0 Å². The number of anilines is 1. The summed E-state index contributed by atoms with van der Waals surface area (Å²) in [6.07, 6.45) is 4.75. The van der Waals surface area contributed by atoms with Crippen LogP contribution in [-0.2, 0) is 9.53 Å². The molecule has 0 radical (unpaired) electrons. The summed E-state index contributed by atoms with van der Waals surface area (Å²) in [5, 5.41) is 3.00. The first-order chi connectivity index (χ1) is 13.0. The Morgan fingerprint density at radius 3 is 2.63 bits per heavy atom. The van der Waals surface area contributed by atoms with E-state index in [4.69, 9.17) is 9.47 Å². The molecule has 1 heterocycles. The van der Waals surface area contributed by atoms with Gasteiger partial charge in [0.15, 0.2) is 0 Å². The maximum absolute atomic E-state index is 12.7. The molecule has 1 amide bonds. The Labute approximate surface area is 163 Å². The fourth-order valence-electron chi connectivity index (χ4n) is 3.97. The topological polar surface area (TPSA) is 50.8 Å². The Balaban J connectivity index is 1.46. The second-order valence-corrected chi connectivity index (χ2v) is 8.19. The van der Waals surface area contributed by atoms with Crippen LogP contribution in [0.5, 0.6) is 5.75 Å². The number of benzene rings is 1. The minimum absolute atomic E-state index is 0.0558. The van der Waals surface area contributed by atoms with Gasteiger partial charge in [0, 0.05) is 25.4 Å². The zero-order valence-corrected chi connectivity index (χ0v) is 17.0. The first-order valence-electron chi connectivity index (χ1n) is 10.4. The van der Waals surface area contributed by atoms with Crippen molar-refractivity contribution in [3.63, 3.8) is 0 Å². The van der Waals surface area contributed by atoms with Crippen molar-refractivity contribution in [1.82, 2.24) is 4.90 Å². The standard InChI is InChI=1S/C22H34N2O3/c1-4-27-22(3,18-7-8-18)21(25)23-19-9-11-20(12-10-19)26-15-14-24-13-5-6-17(2)16-24/h9-12,17-18H,4-8,13-16H2,1-3H3,(H,23,25). The average molecular weight is 375 g/mol. The molecule has 2 atom stereocenters. The molecule has 2 unspecified atom stereocenters. The Morgan fingerprint density at radius 2 is 2.00 bits per heavy atom. The molecule has 0 spiro atoms. The summed E-state index contributed by atoms with van der Waals surface area (Å²) in [5.41, 5.74) is 0.0546. The number of rotatable bonds is 9. The van der Waals surface area contributed by atoms with E-state index in [0.717, 1.165) is 36.7 Å². The van der Waals surface area contributed by atoms with E-state index in [2.05, 4.69) is 17.1 Å². The lowest BCUT2D eigenvalue weighted by atomic mass is 9.99. The van der Waals surface area contributed by atoms with Gasteiger partial charge in [0.25, 0.3) is 5.91 Å². The minimum atomic E-state index is -0.727. The normalized spacial score (nSPS) is 22.9. The van der Waals surface area contributed by atoms with Crippen LogP contribution in [0.1, 0.15) is 46.5 Å². The second kappa shape index (κ2) is 9.07. The number of nitrogens with one attached hydrogen (secondary N) is 1. The van der Waals surface area contributed by atoms with Gasteiger partial charge in [-0.15, -0.1) is 0 Å². The molecule has 0 aromatic heterocycles. The highest BCUT2D eigenvalue weighted by Gasteiger charge is 2.48. The van der Waals surface area contributed by atoms with Crippen LogP contribution in [-0.4, -0.2) is 49.3 Å². The fourth-order valence-corrected chi connectivity index (χ4v) is 3.97. The molecular weight excluding hydrogens is 340 g/mol. The highest BCUT2D eigenvalue weighted by Crippen LogP contribution is 2.42. The van der Waals surface area contributed by atoms with Crippen LogP contribution in [0.2, 0.25) is 0 Å². The van der Waals surface area contributed by atoms with Crippen molar-refractivity contribution in [2.45, 2.75) is 52.1 Å². The summed E-state index contributed by atoms with van der Waals surface area (Å²) in [7, 11) is 0. The molecule has 1 aliphatic carbocycles. The number of hydrogen-bond donors (Lipinski definition) is 1. The van der Waals surface area contributed by atoms with Crippen LogP contribution in [0.25, 0.3) is 0 Å². The molecule has 2 fully saturated rings. The van der Waals surface area contributed by atoms with Crippen LogP contribution >= 0.6 is 0 Å². The summed E-state index contributed by atoms with van der Waals surface area (Å²) in [6, 6.07) is 7.64. The van der Waals surface area contributed by atoms with Crippen molar-refractivity contribution in [3.8, 4) is 5.75 Å². The minimum Gasteiger partial charge on any atom is -0.492 e. The monoisotopic (exact) mass is 374 g/mol. The number of hydrogen-bond acceptors (Lipinski definition) is 4. The Hall–Kier alpha value is -1.59. The third-order valence-corrected chi connectivity index (χ3v) is 5.78. The molecule has 1 aliphatic heterocycles. The van der Waals surface area contributed by atoms with E-state index in [0.29, 0.717) is 19.1 Å². The van der Waals surface area contributed by atoms with Gasteiger partial charge in [0.05, 0.1) is 0 Å². The second-order valence-electron chi connectivity index (χ2n) is 8.19. The highest BCUT2D eigenvalue weighted by molar-refractivity contribution is 5.97. The SMILES string of the molecule is CCOC(C)(C(=O)Nc1ccc(OCCN2CCCC(C)C2)cc1)C1CC1. The van der Waals surface area contributed by atoms with Crippen molar-refractivity contribution >= 4 is 11.6 Å². The molecule has 2 aliphatic rings. The summed E-state index contributed by atoms with van der Waals surface area (Å²) in [6.45, 7) is 10.7. The Morgan fingerprint density at radius 1 is 1.26 bits per heavy atom. The molecule has 1 N–H and O–H groups in total. The first-order valence-corrected chi connectivity index (χ1v) is 10.4. The molecule has 27 heavy (non-hydrogen) atoms. The lowest BCUT2D eigenvalue weighted by molar-refractivity contribution is -0.141. The molecule has 150 valence electrons. The van der Waals surface area contributed by atoms with Gasteiger partial charge in [-0.05, 0) is 82.2 Å². The zero-order valence-electron chi connectivity index (χ0n) is 17.0. The average Bonchev–Trinajstić information content (AvgIpc) is 3.49. The van der Waals surface area contributed by atoms with Gasteiger partial charge in [0.2, 0.25) is 0 Å². The van der Waals surface area contributed by atoms with E-state index in [-0.39, 0.29) is 5.91 Å². The van der Waals surface area contributed by atoms with E-state index >= 15 is 0 Å². The van der Waals surface area contributed by atoms with Gasteiger partial charge in [-0.1, -0.05) is 6.92 Å². The molecule has 1 saturated carbocycles. The third-order valence-electron chi connectivity index (χ3n) is 5.78. The predicted octanol–water partition coefficient (Wildman–Crippen LogP) is 3.94. The Kier molecular flexibility index (Phi) is 6.77. The van der Waals surface area contributed by atoms with Crippen LogP contribution in [0.4, 0.5) is 5.69 Å². The van der Waals surface area contributed by atoms with Gasteiger partial charge < -0.3 is 14.8 Å². The van der Waals surface area contributed by atoms with Gasteiger partial charge in [-0.3, -0.25) is 9.69 Å². The molecule has 1 saturated heterocycles.